The Morgan fingerprint density at radius 2 is 1.73 bits per heavy atom. The maximum absolute atomic E-state index is 13.9. The molecule has 0 spiro atoms. The number of sulfone groups is 1. The van der Waals surface area contributed by atoms with Gasteiger partial charge in [0.15, 0.2) is 9.84 Å². The molecule has 1 fully saturated rings. The van der Waals surface area contributed by atoms with Crippen LogP contribution in [0.15, 0.2) is 53.4 Å². The maximum Gasteiger partial charge on any atom is 0.178 e. The normalized spacial score (nSPS) is 18.4. The first-order chi connectivity index (χ1) is 12.3. The molecule has 4 nitrogen and oxygen atoms in total. The molecule has 0 amide bonds. The lowest BCUT2D eigenvalue weighted by Gasteiger charge is -2.45. The number of rotatable bonds is 4. The largest absolute Gasteiger partial charge is 0.368 e. The Hall–Kier alpha value is -2.08. The van der Waals surface area contributed by atoms with Crippen LogP contribution in [0.2, 0.25) is 0 Å². The molecule has 0 aliphatic carbocycles. The molecule has 1 aliphatic heterocycles. The highest BCUT2D eigenvalue weighted by atomic mass is 32.2. The highest BCUT2D eigenvalue weighted by Crippen LogP contribution is 2.29. The summed E-state index contributed by atoms with van der Waals surface area (Å²) in [7, 11) is -3.59. The van der Waals surface area contributed by atoms with E-state index in [2.05, 4.69) is 35.8 Å². The monoisotopic (exact) mass is 376 g/mol. The maximum atomic E-state index is 13.9. The molecule has 0 bridgehead atoms. The molecule has 0 aromatic heterocycles. The Kier molecular flexibility index (Phi) is 5.23. The molecule has 140 valence electrons. The first-order valence-corrected chi connectivity index (χ1v) is 10.7. The van der Waals surface area contributed by atoms with Gasteiger partial charge in [-0.1, -0.05) is 32.0 Å². The van der Waals surface area contributed by atoms with Crippen molar-refractivity contribution in [3.8, 4) is 0 Å². The van der Waals surface area contributed by atoms with E-state index < -0.39 is 15.7 Å². The Bertz CT molecular complexity index is 869. The Morgan fingerprint density at radius 3 is 2.35 bits per heavy atom. The van der Waals surface area contributed by atoms with Crippen LogP contribution in [0.4, 0.5) is 15.8 Å². The average molecular weight is 376 g/mol. The molecule has 3 rings (SSSR count). The number of anilines is 2. The van der Waals surface area contributed by atoms with E-state index in [9.17, 15) is 12.8 Å². The second kappa shape index (κ2) is 7.27. The molecule has 26 heavy (non-hydrogen) atoms. The SMILES string of the molecule is CC(C)[C@@H]1CN(c2ccc(F)c(S(C)(=O)=O)c2)CCN1c1ccccc1. The number of hydrogen-bond donors (Lipinski definition) is 0. The van der Waals surface area contributed by atoms with Gasteiger partial charge in [0.1, 0.15) is 10.7 Å². The van der Waals surface area contributed by atoms with Gasteiger partial charge in [-0.15, -0.1) is 0 Å². The van der Waals surface area contributed by atoms with E-state index in [1.54, 1.807) is 6.07 Å². The van der Waals surface area contributed by atoms with E-state index in [0.717, 1.165) is 31.6 Å². The van der Waals surface area contributed by atoms with Crippen molar-refractivity contribution in [1.82, 2.24) is 0 Å². The predicted octanol–water partition coefficient (Wildman–Crippen LogP) is 3.58. The summed E-state index contributed by atoms with van der Waals surface area (Å²) in [6.45, 7) is 6.74. The van der Waals surface area contributed by atoms with Gasteiger partial charge in [-0.3, -0.25) is 0 Å². The molecule has 0 saturated carbocycles. The molecule has 1 heterocycles. The minimum absolute atomic E-state index is 0.235. The van der Waals surface area contributed by atoms with Crippen LogP contribution in [-0.4, -0.2) is 40.3 Å². The zero-order chi connectivity index (χ0) is 18.9. The summed E-state index contributed by atoms with van der Waals surface area (Å²) in [5, 5.41) is 0. The standard InChI is InChI=1S/C20H25FN2O2S/c1-15(2)19-14-22(11-12-23(19)16-7-5-4-6-8-16)17-9-10-18(21)20(13-17)26(3,24)25/h4-10,13,15,19H,11-12,14H2,1-3H3/t19-/m0/s1. The molecule has 1 atom stereocenters. The summed E-state index contributed by atoms with van der Waals surface area (Å²) in [4.78, 5) is 4.32. The second-order valence-corrected chi connectivity index (χ2v) is 9.16. The molecular formula is C20H25FN2O2S. The fourth-order valence-electron chi connectivity index (χ4n) is 3.53. The van der Waals surface area contributed by atoms with Crippen LogP contribution in [0.25, 0.3) is 0 Å². The molecule has 1 aliphatic rings. The number of benzene rings is 2. The van der Waals surface area contributed by atoms with Crippen molar-refractivity contribution in [2.75, 3.05) is 35.7 Å². The van der Waals surface area contributed by atoms with E-state index in [1.807, 2.05) is 18.2 Å². The van der Waals surface area contributed by atoms with Crippen molar-refractivity contribution in [3.63, 3.8) is 0 Å². The molecule has 0 unspecified atom stereocenters. The first-order valence-electron chi connectivity index (χ1n) is 8.83. The molecule has 2 aromatic carbocycles. The van der Waals surface area contributed by atoms with Gasteiger partial charge in [0.05, 0.1) is 0 Å². The molecular weight excluding hydrogens is 351 g/mol. The molecule has 6 heteroatoms. The van der Waals surface area contributed by atoms with Gasteiger partial charge in [0, 0.05) is 43.3 Å². The Balaban J connectivity index is 1.88. The zero-order valence-electron chi connectivity index (χ0n) is 15.4. The summed E-state index contributed by atoms with van der Waals surface area (Å²) in [6, 6.07) is 15.0. The van der Waals surface area contributed by atoms with Gasteiger partial charge in [-0.05, 0) is 36.2 Å². The van der Waals surface area contributed by atoms with Crippen molar-refractivity contribution in [2.45, 2.75) is 24.8 Å². The van der Waals surface area contributed by atoms with Gasteiger partial charge >= 0.3 is 0 Å². The minimum atomic E-state index is -3.59. The van der Waals surface area contributed by atoms with E-state index >= 15 is 0 Å². The van der Waals surface area contributed by atoms with Crippen LogP contribution in [0.3, 0.4) is 0 Å². The van der Waals surface area contributed by atoms with Gasteiger partial charge in [0.25, 0.3) is 0 Å². The predicted molar refractivity (Wildman–Crippen MR) is 104 cm³/mol. The number of piperazine rings is 1. The van der Waals surface area contributed by atoms with Gasteiger partial charge in [-0.25, -0.2) is 12.8 Å². The molecule has 0 radical (unpaired) electrons. The molecule has 1 saturated heterocycles. The lowest BCUT2D eigenvalue weighted by molar-refractivity contribution is 0.418. The third-order valence-corrected chi connectivity index (χ3v) is 6.07. The third-order valence-electron chi connectivity index (χ3n) is 4.96. The van der Waals surface area contributed by atoms with Crippen molar-refractivity contribution < 1.29 is 12.8 Å². The van der Waals surface area contributed by atoms with E-state index in [1.165, 1.54) is 17.8 Å². The molecule has 0 N–H and O–H groups in total. The van der Waals surface area contributed by atoms with E-state index in [0.29, 0.717) is 5.92 Å². The highest BCUT2D eigenvalue weighted by molar-refractivity contribution is 7.90. The summed E-state index contributed by atoms with van der Waals surface area (Å²) in [6.07, 6.45) is 1.04. The van der Waals surface area contributed by atoms with Crippen LogP contribution in [0, 0.1) is 11.7 Å². The van der Waals surface area contributed by atoms with Crippen molar-refractivity contribution in [1.29, 1.82) is 0 Å². The van der Waals surface area contributed by atoms with Gasteiger partial charge < -0.3 is 9.80 Å². The van der Waals surface area contributed by atoms with Crippen molar-refractivity contribution in [2.24, 2.45) is 5.92 Å². The minimum Gasteiger partial charge on any atom is -0.368 e. The van der Waals surface area contributed by atoms with Crippen molar-refractivity contribution >= 4 is 21.2 Å². The fourth-order valence-corrected chi connectivity index (χ4v) is 4.29. The zero-order valence-corrected chi connectivity index (χ0v) is 16.2. The van der Waals surface area contributed by atoms with Gasteiger partial charge in [0.2, 0.25) is 0 Å². The number of para-hydroxylation sites is 1. The summed E-state index contributed by atoms with van der Waals surface area (Å²) < 4.78 is 37.6. The second-order valence-electron chi connectivity index (χ2n) is 7.17. The number of nitrogens with zero attached hydrogens (tertiary/aromatic N) is 2. The first kappa shape index (κ1) is 18.7. The number of hydrogen-bond acceptors (Lipinski definition) is 4. The fraction of sp³-hybridized carbons (Fsp3) is 0.400. The lowest BCUT2D eigenvalue weighted by Crippen LogP contribution is -2.55. The summed E-state index contributed by atoms with van der Waals surface area (Å²) in [5.74, 6) is -0.271. The van der Waals surface area contributed by atoms with E-state index in [4.69, 9.17) is 0 Å². The van der Waals surface area contributed by atoms with Crippen LogP contribution in [0.5, 0.6) is 0 Å². The topological polar surface area (TPSA) is 40.6 Å². The Labute approximate surface area is 155 Å². The Morgan fingerprint density at radius 1 is 1.04 bits per heavy atom. The smallest absolute Gasteiger partial charge is 0.178 e. The van der Waals surface area contributed by atoms with Crippen LogP contribution in [-0.2, 0) is 9.84 Å². The number of halogens is 1. The lowest BCUT2D eigenvalue weighted by atomic mass is 9.98. The van der Waals surface area contributed by atoms with Crippen LogP contribution < -0.4 is 9.80 Å². The van der Waals surface area contributed by atoms with Crippen LogP contribution in [0.1, 0.15) is 13.8 Å². The third kappa shape index (κ3) is 3.85. The quantitative estimate of drug-likeness (QED) is 0.818. The van der Waals surface area contributed by atoms with E-state index in [-0.39, 0.29) is 10.9 Å². The van der Waals surface area contributed by atoms with Gasteiger partial charge in [-0.2, -0.15) is 0 Å². The van der Waals surface area contributed by atoms with Crippen molar-refractivity contribution in [3.05, 3.63) is 54.3 Å². The highest BCUT2D eigenvalue weighted by Gasteiger charge is 2.30. The summed E-state index contributed by atoms with van der Waals surface area (Å²) in [5.41, 5.74) is 1.95. The average Bonchev–Trinajstić information content (AvgIpc) is 2.61. The summed E-state index contributed by atoms with van der Waals surface area (Å²) >= 11 is 0. The van der Waals surface area contributed by atoms with Crippen LogP contribution >= 0.6 is 0 Å². The molecule has 2 aromatic rings.